The smallest absolute Gasteiger partial charge is 0.322 e. The zero-order valence-corrected chi connectivity index (χ0v) is 23.4. The van der Waals surface area contributed by atoms with E-state index in [4.69, 9.17) is 0 Å². The monoisotopic (exact) mass is 552 g/mol. The Morgan fingerprint density at radius 2 is 1.92 bits per heavy atom. The molecule has 0 radical (unpaired) electrons. The number of carbonyl (C=O) groups is 2. The van der Waals surface area contributed by atoms with Crippen LogP contribution in [-0.4, -0.2) is 71.7 Å². The Hall–Kier alpha value is -2.88. The Morgan fingerprint density at radius 3 is 2.66 bits per heavy atom. The van der Waals surface area contributed by atoms with Crippen molar-refractivity contribution >= 4 is 40.7 Å². The number of carbonyl (C=O) groups excluding carboxylic acids is 2. The Kier molecular flexibility index (Phi) is 8.35. The first-order valence-electron chi connectivity index (χ1n) is 13.0. The first kappa shape index (κ1) is 26.7. The second-order valence-electron chi connectivity index (χ2n) is 9.83. The van der Waals surface area contributed by atoms with Crippen LogP contribution in [0.25, 0.3) is 0 Å². The van der Waals surface area contributed by atoms with Gasteiger partial charge < -0.3 is 15.1 Å². The molecule has 5 rings (SSSR count). The molecule has 0 saturated carbocycles. The molecule has 1 N–H and O–H groups in total. The van der Waals surface area contributed by atoms with Gasteiger partial charge >= 0.3 is 6.03 Å². The molecular formula is C29H33FN4O2S2. The van der Waals surface area contributed by atoms with Crippen LogP contribution in [0.4, 0.5) is 14.9 Å². The number of benzene rings is 2. The molecule has 0 unspecified atom stereocenters. The summed E-state index contributed by atoms with van der Waals surface area (Å²) in [4.78, 5) is 34.6. The lowest BCUT2D eigenvalue weighted by Gasteiger charge is -2.40. The van der Waals surface area contributed by atoms with Crippen molar-refractivity contribution in [1.29, 1.82) is 0 Å². The zero-order chi connectivity index (χ0) is 26.6. The maximum Gasteiger partial charge on any atom is 0.322 e. The minimum absolute atomic E-state index is 0.0436. The molecule has 2 atom stereocenters. The molecule has 3 amide bonds. The number of thioether (sulfide) groups is 1. The summed E-state index contributed by atoms with van der Waals surface area (Å²) in [6, 6.07) is 16.5. The van der Waals surface area contributed by atoms with E-state index in [-0.39, 0.29) is 29.8 Å². The van der Waals surface area contributed by atoms with Gasteiger partial charge in [0.2, 0.25) is 5.91 Å². The quantitative estimate of drug-likeness (QED) is 0.398. The Bertz CT molecular complexity index is 1280. The number of nitrogens with zero attached hydrogens (tertiary/aromatic N) is 3. The highest BCUT2D eigenvalue weighted by molar-refractivity contribution is 7.98. The van der Waals surface area contributed by atoms with Crippen molar-refractivity contribution in [2.24, 2.45) is 0 Å². The van der Waals surface area contributed by atoms with E-state index in [0.29, 0.717) is 32.6 Å². The Balaban J connectivity index is 1.17. The van der Waals surface area contributed by atoms with E-state index in [1.807, 2.05) is 48.4 Å². The molecule has 1 aromatic heterocycles. The highest BCUT2D eigenvalue weighted by Crippen LogP contribution is 2.38. The Labute approximate surface area is 231 Å². The summed E-state index contributed by atoms with van der Waals surface area (Å²) in [6.45, 7) is 4.96. The largest absolute Gasteiger partial charge is 0.339 e. The molecule has 0 spiro atoms. The number of amides is 3. The highest BCUT2D eigenvalue weighted by Gasteiger charge is 2.32. The molecule has 2 aliphatic heterocycles. The number of fused-ring (bicyclic) bond motifs is 1. The molecule has 2 aliphatic rings. The van der Waals surface area contributed by atoms with Gasteiger partial charge in [0.05, 0.1) is 6.04 Å². The summed E-state index contributed by atoms with van der Waals surface area (Å²) in [7, 11) is 0. The average Bonchev–Trinajstić information content (AvgIpc) is 3.40. The number of anilines is 1. The first-order valence-corrected chi connectivity index (χ1v) is 15.1. The molecule has 3 aromatic rings. The normalized spacial score (nSPS) is 19.8. The van der Waals surface area contributed by atoms with Crippen molar-refractivity contribution in [1.82, 2.24) is 14.7 Å². The van der Waals surface area contributed by atoms with Crippen LogP contribution in [0.5, 0.6) is 0 Å². The average molecular weight is 553 g/mol. The SMILES string of the molecule is CSc1ccc(NC(=O)N2CCN(C(=O)CCN3CCc4sccc4[C@H]3c3cccc(F)c3)C[C@@H]2C)cc1. The van der Waals surface area contributed by atoms with Gasteiger partial charge in [0.25, 0.3) is 0 Å². The van der Waals surface area contributed by atoms with Crippen molar-refractivity contribution in [2.45, 2.75) is 36.7 Å². The molecule has 6 nitrogen and oxygen atoms in total. The van der Waals surface area contributed by atoms with E-state index in [1.54, 1.807) is 40.1 Å². The molecule has 0 aliphatic carbocycles. The van der Waals surface area contributed by atoms with Crippen molar-refractivity contribution in [3.8, 4) is 0 Å². The standard InChI is InChI=1S/C29H33FN4O2S2/c1-20-19-33(15-16-34(20)29(36)31-23-6-8-24(37-2)9-7-23)27(35)11-14-32-13-10-26-25(12-17-38-26)28(32)21-4-3-5-22(30)18-21/h3-9,12,17-18,20,28H,10-11,13-16,19H2,1-2H3,(H,31,36)/t20-,28+/m0/s1. The number of halogens is 1. The fourth-order valence-electron chi connectivity index (χ4n) is 5.43. The number of rotatable bonds is 6. The van der Waals surface area contributed by atoms with Gasteiger partial charge in [-0.05, 0) is 78.6 Å². The van der Waals surface area contributed by atoms with Crippen molar-refractivity contribution in [3.63, 3.8) is 0 Å². The fourth-order valence-corrected chi connectivity index (χ4v) is 6.74. The summed E-state index contributed by atoms with van der Waals surface area (Å²) in [5.41, 5.74) is 2.91. The third-order valence-electron chi connectivity index (χ3n) is 7.43. The number of urea groups is 1. The third-order valence-corrected chi connectivity index (χ3v) is 9.17. The second-order valence-corrected chi connectivity index (χ2v) is 11.7. The molecular weight excluding hydrogens is 519 g/mol. The van der Waals surface area contributed by atoms with Crippen LogP contribution < -0.4 is 5.32 Å². The number of piperazine rings is 1. The van der Waals surface area contributed by atoms with Crippen LogP contribution in [0.1, 0.15) is 35.4 Å². The molecule has 3 heterocycles. The lowest BCUT2D eigenvalue weighted by atomic mass is 9.93. The van der Waals surface area contributed by atoms with Gasteiger partial charge in [0.15, 0.2) is 0 Å². The third kappa shape index (κ3) is 5.90. The minimum atomic E-state index is -0.242. The summed E-state index contributed by atoms with van der Waals surface area (Å²) < 4.78 is 14.1. The van der Waals surface area contributed by atoms with E-state index >= 15 is 0 Å². The van der Waals surface area contributed by atoms with Gasteiger partial charge in [-0.3, -0.25) is 9.69 Å². The topological polar surface area (TPSA) is 55.9 Å². The Morgan fingerprint density at radius 1 is 1.11 bits per heavy atom. The number of hydrogen-bond donors (Lipinski definition) is 1. The van der Waals surface area contributed by atoms with Gasteiger partial charge in [0.1, 0.15) is 5.82 Å². The van der Waals surface area contributed by atoms with E-state index in [0.717, 1.165) is 29.1 Å². The molecule has 1 fully saturated rings. The van der Waals surface area contributed by atoms with Crippen molar-refractivity contribution in [2.75, 3.05) is 44.3 Å². The van der Waals surface area contributed by atoms with Crippen LogP contribution in [-0.2, 0) is 11.2 Å². The van der Waals surface area contributed by atoms with Crippen LogP contribution in [0.3, 0.4) is 0 Å². The molecule has 38 heavy (non-hydrogen) atoms. The van der Waals surface area contributed by atoms with E-state index in [1.165, 1.54) is 16.5 Å². The molecule has 1 saturated heterocycles. The number of nitrogens with one attached hydrogen (secondary N) is 1. The molecule has 200 valence electrons. The van der Waals surface area contributed by atoms with E-state index < -0.39 is 0 Å². The van der Waals surface area contributed by atoms with Gasteiger partial charge in [-0.2, -0.15) is 0 Å². The van der Waals surface area contributed by atoms with Gasteiger partial charge in [-0.1, -0.05) is 12.1 Å². The molecule has 9 heteroatoms. The summed E-state index contributed by atoms with van der Waals surface area (Å²) in [5.74, 6) is -0.146. The van der Waals surface area contributed by atoms with Gasteiger partial charge in [-0.25, -0.2) is 9.18 Å². The highest BCUT2D eigenvalue weighted by atomic mass is 32.2. The molecule has 0 bridgehead atoms. The number of thiophene rings is 1. The first-order chi connectivity index (χ1) is 18.4. The lowest BCUT2D eigenvalue weighted by Crippen LogP contribution is -2.56. The second kappa shape index (κ2) is 11.9. The minimum Gasteiger partial charge on any atom is -0.339 e. The van der Waals surface area contributed by atoms with Crippen molar-refractivity contribution in [3.05, 3.63) is 81.8 Å². The zero-order valence-electron chi connectivity index (χ0n) is 21.7. The lowest BCUT2D eigenvalue weighted by molar-refractivity contribution is -0.134. The fraction of sp³-hybridized carbons (Fsp3) is 0.379. The van der Waals surface area contributed by atoms with Crippen LogP contribution in [0.15, 0.2) is 64.9 Å². The summed E-state index contributed by atoms with van der Waals surface area (Å²) >= 11 is 3.41. The maximum absolute atomic E-state index is 14.1. The predicted molar refractivity (Wildman–Crippen MR) is 152 cm³/mol. The molecule has 2 aromatic carbocycles. The van der Waals surface area contributed by atoms with E-state index in [9.17, 15) is 14.0 Å². The van der Waals surface area contributed by atoms with E-state index in [2.05, 4.69) is 21.7 Å². The van der Waals surface area contributed by atoms with Gasteiger partial charge in [0, 0.05) is 60.6 Å². The van der Waals surface area contributed by atoms with Crippen LogP contribution >= 0.6 is 23.1 Å². The summed E-state index contributed by atoms with van der Waals surface area (Å²) in [5, 5.41) is 5.08. The van der Waals surface area contributed by atoms with Crippen LogP contribution in [0.2, 0.25) is 0 Å². The number of hydrogen-bond acceptors (Lipinski definition) is 5. The van der Waals surface area contributed by atoms with Gasteiger partial charge in [-0.15, -0.1) is 23.1 Å². The van der Waals surface area contributed by atoms with Crippen molar-refractivity contribution < 1.29 is 14.0 Å². The summed E-state index contributed by atoms with van der Waals surface area (Å²) in [6.07, 6.45) is 3.36. The maximum atomic E-state index is 14.1. The van der Waals surface area contributed by atoms with Crippen LogP contribution in [0, 0.1) is 5.82 Å². The predicted octanol–water partition coefficient (Wildman–Crippen LogP) is 5.71.